The largest absolute Gasteiger partial charge is 0.387 e. The molecule has 0 aliphatic carbocycles. The Morgan fingerprint density at radius 1 is 1.24 bits per heavy atom. The third-order valence-electron chi connectivity index (χ3n) is 4.67. The molecule has 1 fully saturated rings. The predicted molar refractivity (Wildman–Crippen MR) is 88.6 cm³/mol. The highest BCUT2D eigenvalue weighted by Crippen LogP contribution is 2.21. The minimum atomic E-state index is -0.400. The number of hydrogen-bond donors (Lipinski definition) is 1. The molecule has 1 aliphatic rings. The van der Waals surface area contributed by atoms with Gasteiger partial charge in [-0.1, -0.05) is 38.1 Å². The average molecular weight is 290 g/mol. The molecular formula is C18H30N2O. The summed E-state index contributed by atoms with van der Waals surface area (Å²) in [6.45, 7) is 7.40. The number of piperidine rings is 1. The molecule has 2 unspecified atom stereocenters. The van der Waals surface area contributed by atoms with E-state index in [9.17, 15) is 5.11 Å². The van der Waals surface area contributed by atoms with E-state index in [-0.39, 0.29) is 0 Å². The van der Waals surface area contributed by atoms with Gasteiger partial charge in [0.1, 0.15) is 0 Å². The van der Waals surface area contributed by atoms with Crippen LogP contribution in [0.4, 0.5) is 0 Å². The van der Waals surface area contributed by atoms with Crippen LogP contribution in [0.5, 0.6) is 0 Å². The predicted octanol–water partition coefficient (Wildman–Crippen LogP) is 2.87. The van der Waals surface area contributed by atoms with Crippen LogP contribution in [0.2, 0.25) is 0 Å². The number of benzene rings is 1. The van der Waals surface area contributed by atoms with Crippen molar-refractivity contribution in [1.82, 2.24) is 9.80 Å². The molecule has 3 nitrogen and oxygen atoms in total. The molecule has 21 heavy (non-hydrogen) atoms. The molecule has 0 amide bonds. The molecule has 118 valence electrons. The second-order valence-corrected chi connectivity index (χ2v) is 6.84. The maximum Gasteiger partial charge on any atom is 0.0916 e. The van der Waals surface area contributed by atoms with Crippen LogP contribution in [0.25, 0.3) is 0 Å². The van der Waals surface area contributed by atoms with E-state index in [0.717, 1.165) is 12.1 Å². The van der Waals surface area contributed by atoms with Crippen LogP contribution < -0.4 is 0 Å². The minimum Gasteiger partial charge on any atom is -0.387 e. The van der Waals surface area contributed by atoms with Gasteiger partial charge in [-0.2, -0.15) is 0 Å². The lowest BCUT2D eigenvalue weighted by atomic mass is 9.99. The lowest BCUT2D eigenvalue weighted by Crippen LogP contribution is -2.46. The number of aliphatic hydroxyl groups excluding tert-OH is 1. The van der Waals surface area contributed by atoms with Crippen LogP contribution in [-0.4, -0.2) is 54.7 Å². The zero-order valence-corrected chi connectivity index (χ0v) is 13.9. The highest BCUT2D eigenvalue weighted by molar-refractivity contribution is 5.26. The van der Waals surface area contributed by atoms with E-state index >= 15 is 0 Å². The van der Waals surface area contributed by atoms with Crippen molar-refractivity contribution in [3.8, 4) is 0 Å². The molecule has 2 rings (SSSR count). The number of hydrogen-bond acceptors (Lipinski definition) is 3. The van der Waals surface area contributed by atoms with Crippen LogP contribution in [0.3, 0.4) is 0 Å². The van der Waals surface area contributed by atoms with Crippen molar-refractivity contribution in [2.24, 2.45) is 0 Å². The molecular weight excluding hydrogens is 260 g/mol. The van der Waals surface area contributed by atoms with Crippen molar-refractivity contribution >= 4 is 0 Å². The molecule has 1 aromatic carbocycles. The third-order valence-corrected chi connectivity index (χ3v) is 4.67. The summed E-state index contributed by atoms with van der Waals surface area (Å²) in [6, 6.07) is 8.98. The number of aliphatic hydroxyl groups is 1. The zero-order valence-electron chi connectivity index (χ0n) is 13.9. The highest BCUT2D eigenvalue weighted by Gasteiger charge is 2.23. The maximum atomic E-state index is 10.5. The Bertz CT molecular complexity index is 429. The van der Waals surface area contributed by atoms with Crippen molar-refractivity contribution in [1.29, 1.82) is 0 Å². The van der Waals surface area contributed by atoms with Crippen LogP contribution >= 0.6 is 0 Å². The second-order valence-electron chi connectivity index (χ2n) is 6.84. The topological polar surface area (TPSA) is 26.7 Å². The maximum absolute atomic E-state index is 10.5. The Morgan fingerprint density at radius 2 is 1.86 bits per heavy atom. The van der Waals surface area contributed by atoms with Gasteiger partial charge >= 0.3 is 0 Å². The summed E-state index contributed by atoms with van der Waals surface area (Å²) in [4.78, 5) is 4.70. The molecule has 3 heteroatoms. The first kappa shape index (κ1) is 16.5. The quantitative estimate of drug-likeness (QED) is 0.903. The summed E-state index contributed by atoms with van der Waals surface area (Å²) >= 11 is 0. The van der Waals surface area contributed by atoms with E-state index in [4.69, 9.17) is 0 Å². The van der Waals surface area contributed by atoms with Crippen molar-refractivity contribution in [3.05, 3.63) is 35.4 Å². The molecule has 0 aromatic heterocycles. The first-order valence-electron chi connectivity index (χ1n) is 8.14. The number of likely N-dealkylation sites (tertiary alicyclic amines) is 1. The Labute approximate surface area is 129 Å². The molecule has 1 aromatic rings. The fraction of sp³-hybridized carbons (Fsp3) is 0.667. The summed E-state index contributed by atoms with van der Waals surface area (Å²) < 4.78 is 0. The molecule has 1 N–H and O–H groups in total. The number of rotatable bonds is 5. The van der Waals surface area contributed by atoms with E-state index < -0.39 is 6.10 Å². The highest BCUT2D eigenvalue weighted by atomic mass is 16.3. The van der Waals surface area contributed by atoms with Crippen LogP contribution in [-0.2, 0) is 0 Å². The lowest BCUT2D eigenvalue weighted by Gasteiger charge is -2.36. The first-order chi connectivity index (χ1) is 9.97. The summed E-state index contributed by atoms with van der Waals surface area (Å²) in [5, 5.41) is 10.5. The first-order valence-corrected chi connectivity index (χ1v) is 8.14. The number of nitrogens with zero attached hydrogens (tertiary/aromatic N) is 2. The SMILES string of the molecule is CC(C)c1ccc(C(O)CN(C)C2CCCN(C)C2)cc1. The summed E-state index contributed by atoms with van der Waals surface area (Å²) in [6.07, 6.45) is 2.09. The van der Waals surface area contributed by atoms with Crippen LogP contribution in [0.1, 0.15) is 49.8 Å². The molecule has 0 spiro atoms. The van der Waals surface area contributed by atoms with Gasteiger partial charge < -0.3 is 10.0 Å². The Balaban J connectivity index is 1.92. The van der Waals surface area contributed by atoms with Gasteiger partial charge in [0.05, 0.1) is 6.10 Å². The minimum absolute atomic E-state index is 0.400. The van der Waals surface area contributed by atoms with E-state index in [1.54, 1.807) is 0 Å². The van der Waals surface area contributed by atoms with Gasteiger partial charge in [0, 0.05) is 19.1 Å². The molecule has 1 saturated heterocycles. The van der Waals surface area contributed by atoms with Gasteiger partial charge in [-0.3, -0.25) is 4.90 Å². The molecule has 0 bridgehead atoms. The van der Waals surface area contributed by atoms with Crippen molar-refractivity contribution in [3.63, 3.8) is 0 Å². The standard InChI is InChI=1S/C18H30N2O/c1-14(2)15-7-9-16(10-8-15)18(21)13-20(4)17-6-5-11-19(3)12-17/h7-10,14,17-18,21H,5-6,11-13H2,1-4H3. The second kappa shape index (κ2) is 7.39. The van der Waals surface area contributed by atoms with Gasteiger partial charge in [-0.25, -0.2) is 0 Å². The fourth-order valence-corrected chi connectivity index (χ4v) is 3.13. The Hall–Kier alpha value is -0.900. The average Bonchev–Trinajstić information content (AvgIpc) is 2.47. The van der Waals surface area contributed by atoms with Gasteiger partial charge in [-0.15, -0.1) is 0 Å². The molecule has 2 atom stereocenters. The van der Waals surface area contributed by atoms with Gasteiger partial charge in [-0.05, 0) is 50.5 Å². The van der Waals surface area contributed by atoms with E-state index in [1.165, 1.54) is 24.9 Å². The molecule has 0 radical (unpaired) electrons. The lowest BCUT2D eigenvalue weighted by molar-refractivity contribution is 0.0742. The summed E-state index contributed by atoms with van der Waals surface area (Å²) in [7, 11) is 4.32. The summed E-state index contributed by atoms with van der Waals surface area (Å²) in [5.74, 6) is 0.539. The fourth-order valence-electron chi connectivity index (χ4n) is 3.13. The van der Waals surface area contributed by atoms with Gasteiger partial charge in [0.25, 0.3) is 0 Å². The molecule has 1 aliphatic heterocycles. The normalized spacial score (nSPS) is 22.0. The molecule has 0 saturated carbocycles. The van der Waals surface area contributed by atoms with Crippen LogP contribution in [0, 0.1) is 0 Å². The van der Waals surface area contributed by atoms with Gasteiger partial charge in [0.15, 0.2) is 0 Å². The van der Waals surface area contributed by atoms with E-state index in [0.29, 0.717) is 18.5 Å². The number of likely N-dealkylation sites (N-methyl/N-ethyl adjacent to an activating group) is 2. The third kappa shape index (κ3) is 4.53. The smallest absolute Gasteiger partial charge is 0.0916 e. The summed E-state index contributed by atoms with van der Waals surface area (Å²) in [5.41, 5.74) is 2.35. The zero-order chi connectivity index (χ0) is 15.4. The van der Waals surface area contributed by atoms with E-state index in [2.05, 4.69) is 62.0 Å². The Kier molecular flexibility index (Phi) is 5.80. The van der Waals surface area contributed by atoms with Crippen molar-refractivity contribution in [2.75, 3.05) is 33.7 Å². The van der Waals surface area contributed by atoms with Crippen molar-refractivity contribution < 1.29 is 5.11 Å². The van der Waals surface area contributed by atoms with Crippen molar-refractivity contribution in [2.45, 2.75) is 44.8 Å². The Morgan fingerprint density at radius 3 is 2.43 bits per heavy atom. The molecule has 1 heterocycles. The van der Waals surface area contributed by atoms with Crippen LogP contribution in [0.15, 0.2) is 24.3 Å². The monoisotopic (exact) mass is 290 g/mol. The van der Waals surface area contributed by atoms with Gasteiger partial charge in [0.2, 0.25) is 0 Å². The van der Waals surface area contributed by atoms with E-state index in [1.807, 2.05) is 0 Å².